The van der Waals surface area contributed by atoms with Crippen LogP contribution in [-0.2, 0) is 13.1 Å². The van der Waals surface area contributed by atoms with Gasteiger partial charge in [0.1, 0.15) is 11.0 Å². The molecular weight excluding hydrogens is 713 g/mol. The van der Waals surface area contributed by atoms with Gasteiger partial charge in [-0.15, -0.1) is 0 Å². The predicted molar refractivity (Wildman–Crippen MR) is 236 cm³/mol. The second kappa shape index (κ2) is 15.8. The topological polar surface area (TPSA) is 68.1 Å². The van der Waals surface area contributed by atoms with E-state index in [0.29, 0.717) is 24.9 Å². The van der Waals surface area contributed by atoms with E-state index >= 15 is 0 Å². The fourth-order valence-electron chi connectivity index (χ4n) is 7.71. The summed E-state index contributed by atoms with van der Waals surface area (Å²) in [5, 5.41) is 20.9. The zero-order chi connectivity index (χ0) is 39.6. The molecule has 0 aliphatic rings. The molecule has 0 unspecified atom stereocenters. The SMILES string of the molecule is CC(C)Cn1nc2c(-c3ccc(N(c4ccccc4)c4ccccc4)cc3)c3n[n+](CC(C)C)[n-]c3c(-c3ccc(N(c4ccccc4)c4ccccc4)cc3)c2n1. The van der Waals surface area contributed by atoms with Crippen LogP contribution in [0, 0.1) is 11.8 Å². The molecule has 8 heteroatoms. The number of rotatable bonds is 12. The highest BCUT2D eigenvalue weighted by Gasteiger charge is 2.24. The maximum Gasteiger partial charge on any atom is 0.165 e. The zero-order valence-electron chi connectivity index (χ0n) is 33.3. The van der Waals surface area contributed by atoms with Gasteiger partial charge in [0, 0.05) is 62.2 Å². The van der Waals surface area contributed by atoms with Gasteiger partial charge in [0.25, 0.3) is 0 Å². The van der Waals surface area contributed by atoms with E-state index in [4.69, 9.17) is 20.4 Å². The zero-order valence-corrected chi connectivity index (χ0v) is 33.3. The van der Waals surface area contributed by atoms with Crippen LogP contribution >= 0.6 is 0 Å². The molecule has 7 aromatic carbocycles. The molecular formula is C50H46N8. The number of fused-ring (bicyclic) bond motifs is 2. The highest BCUT2D eigenvalue weighted by molar-refractivity contribution is 6.16. The quantitative estimate of drug-likeness (QED) is 0.116. The van der Waals surface area contributed by atoms with E-state index in [0.717, 1.165) is 78.4 Å². The summed E-state index contributed by atoms with van der Waals surface area (Å²) in [5.41, 5.74) is 13.6. The van der Waals surface area contributed by atoms with Gasteiger partial charge in [-0.1, -0.05) is 125 Å². The van der Waals surface area contributed by atoms with Crippen molar-refractivity contribution in [2.75, 3.05) is 9.80 Å². The van der Waals surface area contributed by atoms with Crippen molar-refractivity contribution in [1.29, 1.82) is 0 Å². The molecule has 9 aromatic rings. The van der Waals surface area contributed by atoms with Crippen molar-refractivity contribution in [3.05, 3.63) is 170 Å². The smallest absolute Gasteiger partial charge is 0.165 e. The average molecular weight is 759 g/mol. The largest absolute Gasteiger partial charge is 0.311 e. The molecule has 0 fully saturated rings. The molecule has 2 aromatic heterocycles. The molecule has 0 aliphatic carbocycles. The van der Waals surface area contributed by atoms with Gasteiger partial charge in [-0.3, -0.25) is 0 Å². The van der Waals surface area contributed by atoms with E-state index in [1.807, 2.05) is 33.9 Å². The van der Waals surface area contributed by atoms with Crippen molar-refractivity contribution in [3.8, 4) is 22.3 Å². The number of hydrogen-bond acceptors (Lipinski definition) is 5. The first-order valence-electron chi connectivity index (χ1n) is 20.1. The Bertz CT molecular complexity index is 2430. The molecule has 0 atom stereocenters. The molecule has 0 N–H and O–H groups in total. The highest BCUT2D eigenvalue weighted by atomic mass is 15.5. The van der Waals surface area contributed by atoms with Crippen LogP contribution in [0.4, 0.5) is 34.1 Å². The number of benzene rings is 7. The van der Waals surface area contributed by atoms with E-state index in [1.165, 1.54) is 0 Å². The highest BCUT2D eigenvalue weighted by Crippen LogP contribution is 2.43. The van der Waals surface area contributed by atoms with Crippen molar-refractivity contribution >= 4 is 56.2 Å². The number of hydrogen-bond donors (Lipinski definition) is 0. The molecule has 0 aliphatic heterocycles. The molecule has 2 heterocycles. The minimum atomic E-state index is 0.360. The Morgan fingerprint density at radius 2 is 0.845 bits per heavy atom. The number of anilines is 6. The maximum atomic E-state index is 5.22. The number of para-hydroxylation sites is 4. The monoisotopic (exact) mass is 758 g/mol. The van der Waals surface area contributed by atoms with Gasteiger partial charge in [0.05, 0.1) is 6.54 Å². The summed E-state index contributed by atoms with van der Waals surface area (Å²) in [6.07, 6.45) is 0. The Labute approximate surface area is 339 Å². The van der Waals surface area contributed by atoms with Gasteiger partial charge < -0.3 is 9.80 Å². The fraction of sp³-hybridized carbons (Fsp3) is 0.160. The minimum absolute atomic E-state index is 0.360. The van der Waals surface area contributed by atoms with Gasteiger partial charge >= 0.3 is 0 Å². The van der Waals surface area contributed by atoms with Crippen LogP contribution in [0.25, 0.3) is 44.3 Å². The van der Waals surface area contributed by atoms with Crippen LogP contribution in [0.1, 0.15) is 27.7 Å². The molecule has 58 heavy (non-hydrogen) atoms. The van der Waals surface area contributed by atoms with E-state index < -0.39 is 0 Å². The lowest BCUT2D eigenvalue weighted by atomic mass is 9.95. The van der Waals surface area contributed by atoms with Crippen LogP contribution in [0.15, 0.2) is 170 Å². The Hall–Kier alpha value is -7.06. The first kappa shape index (κ1) is 36.6. The third-order valence-corrected chi connectivity index (χ3v) is 10.2. The van der Waals surface area contributed by atoms with Crippen LogP contribution in [0.5, 0.6) is 0 Å². The normalized spacial score (nSPS) is 11.6. The Kier molecular flexibility index (Phi) is 9.98. The molecule has 0 radical (unpaired) electrons. The molecule has 286 valence electrons. The summed E-state index contributed by atoms with van der Waals surface area (Å²) in [6.45, 7) is 10.2. The summed E-state index contributed by atoms with van der Waals surface area (Å²) in [4.78, 5) is 8.25. The summed E-state index contributed by atoms with van der Waals surface area (Å²) >= 11 is 0. The second-order valence-electron chi connectivity index (χ2n) is 15.5. The van der Waals surface area contributed by atoms with Gasteiger partial charge in [-0.05, 0) is 89.8 Å². The summed E-state index contributed by atoms with van der Waals surface area (Å²) < 4.78 is 0. The average Bonchev–Trinajstić information content (AvgIpc) is 3.85. The molecule has 0 bridgehead atoms. The van der Waals surface area contributed by atoms with Crippen molar-refractivity contribution in [2.24, 2.45) is 11.8 Å². The lowest BCUT2D eigenvalue weighted by Crippen LogP contribution is -2.42. The van der Waals surface area contributed by atoms with Gasteiger partial charge in [0.15, 0.2) is 6.54 Å². The third kappa shape index (κ3) is 7.21. The third-order valence-electron chi connectivity index (χ3n) is 10.2. The van der Waals surface area contributed by atoms with Crippen molar-refractivity contribution in [1.82, 2.24) is 25.2 Å². The van der Waals surface area contributed by atoms with Gasteiger partial charge in [-0.25, -0.2) is 0 Å². The van der Waals surface area contributed by atoms with E-state index in [9.17, 15) is 0 Å². The van der Waals surface area contributed by atoms with Crippen LogP contribution in [0.2, 0.25) is 0 Å². The lowest BCUT2D eigenvalue weighted by Gasteiger charge is -2.25. The van der Waals surface area contributed by atoms with E-state index in [-0.39, 0.29) is 0 Å². The Balaban J connectivity index is 1.21. The number of nitrogens with zero attached hydrogens (tertiary/aromatic N) is 8. The molecule has 8 nitrogen and oxygen atoms in total. The van der Waals surface area contributed by atoms with E-state index in [1.54, 1.807) is 0 Å². The molecule has 0 spiro atoms. The minimum Gasteiger partial charge on any atom is -0.311 e. The maximum absolute atomic E-state index is 5.22. The van der Waals surface area contributed by atoms with Gasteiger partial charge in [-0.2, -0.15) is 30.0 Å². The Morgan fingerprint density at radius 3 is 1.24 bits per heavy atom. The molecule has 0 amide bonds. The molecule has 9 rings (SSSR count). The van der Waals surface area contributed by atoms with Crippen LogP contribution in [-0.4, -0.2) is 20.1 Å². The summed E-state index contributed by atoms with van der Waals surface area (Å²) in [7, 11) is 0. The lowest BCUT2D eigenvalue weighted by molar-refractivity contribution is -0.808. The fourth-order valence-corrected chi connectivity index (χ4v) is 7.71. The summed E-state index contributed by atoms with van der Waals surface area (Å²) in [5.74, 6) is 0.720. The van der Waals surface area contributed by atoms with Crippen LogP contribution in [0.3, 0.4) is 0 Å². The van der Waals surface area contributed by atoms with Crippen molar-refractivity contribution < 1.29 is 4.80 Å². The van der Waals surface area contributed by atoms with Gasteiger partial charge in [0.2, 0.25) is 0 Å². The standard InChI is InChI=1S/C50H46N8/c1-35(2)33-55-51-47-45(37-25-29-43(30-26-37)57(39-17-9-5-10-18-39)40-19-11-6-12-20-40)49-50(54-56(53-49)34-36(3)4)46(48(47)52-55)38-27-31-44(32-28-38)58(41-21-13-7-14-22-41)42-23-15-8-16-24-42/h5-32,35-36H,33-34H2,1-4H3. The van der Waals surface area contributed by atoms with Crippen molar-refractivity contribution in [3.63, 3.8) is 0 Å². The molecule has 0 saturated carbocycles. The first-order valence-corrected chi connectivity index (χ1v) is 20.1. The Morgan fingerprint density at radius 1 is 0.466 bits per heavy atom. The van der Waals surface area contributed by atoms with Crippen molar-refractivity contribution in [2.45, 2.75) is 40.8 Å². The molecule has 0 saturated heterocycles. The van der Waals surface area contributed by atoms with Crippen LogP contribution < -0.4 is 19.7 Å². The number of aromatic nitrogens is 6. The second-order valence-corrected chi connectivity index (χ2v) is 15.5. The summed E-state index contributed by atoms with van der Waals surface area (Å²) in [6, 6.07) is 59.4. The first-order chi connectivity index (χ1) is 28.4. The predicted octanol–water partition coefficient (Wildman–Crippen LogP) is 11.8. The van der Waals surface area contributed by atoms with E-state index in [2.05, 4.69) is 183 Å².